The van der Waals surface area contributed by atoms with Crippen molar-refractivity contribution in [3.63, 3.8) is 0 Å². The molecule has 0 aliphatic carbocycles. The van der Waals surface area contributed by atoms with Crippen LogP contribution < -0.4 is 27.0 Å². The standard InChI is InChI=1S/C27H26N6O5/c28-22(35)13-29-27(38)21(15-34)32-23(36)14-30-26(37)19-11-6-10-18-24(31-16-7-2-1-3-8-16)17-9-4-5-12-20(17)33-25(18)19/h1-12,21,34H,13-15H2,(H2,28,35)(H,29,38)(H,30,37)(H,31,33)(H,32,36)/t21-/m0/s1. The van der Waals surface area contributed by atoms with Crippen molar-refractivity contribution in [2.75, 3.05) is 25.0 Å². The molecule has 0 radical (unpaired) electrons. The summed E-state index contributed by atoms with van der Waals surface area (Å²) < 4.78 is 0. The van der Waals surface area contributed by atoms with E-state index < -0.39 is 49.4 Å². The zero-order valence-corrected chi connectivity index (χ0v) is 20.2. The lowest BCUT2D eigenvalue weighted by atomic mass is 10.0. The number of nitrogens with zero attached hydrogens (tertiary/aromatic N) is 1. The van der Waals surface area contributed by atoms with Crippen LogP contribution >= 0.6 is 0 Å². The van der Waals surface area contributed by atoms with E-state index in [1.165, 1.54) is 0 Å². The number of para-hydroxylation sites is 3. The third-order valence-corrected chi connectivity index (χ3v) is 5.68. The molecule has 7 N–H and O–H groups in total. The molecule has 4 rings (SSSR count). The minimum Gasteiger partial charge on any atom is -0.394 e. The molecule has 0 aliphatic heterocycles. The number of fused-ring (bicyclic) bond motifs is 2. The summed E-state index contributed by atoms with van der Waals surface area (Å²) >= 11 is 0. The number of nitrogens with one attached hydrogen (secondary N) is 4. The van der Waals surface area contributed by atoms with Crippen LogP contribution in [0.5, 0.6) is 0 Å². The van der Waals surface area contributed by atoms with Crippen molar-refractivity contribution in [1.82, 2.24) is 20.9 Å². The Hall–Kier alpha value is -5.03. The van der Waals surface area contributed by atoms with Gasteiger partial charge in [-0.15, -0.1) is 0 Å². The molecule has 1 atom stereocenters. The Morgan fingerprint density at radius 3 is 2.29 bits per heavy atom. The molecule has 0 fully saturated rings. The van der Waals surface area contributed by atoms with E-state index in [9.17, 15) is 24.3 Å². The minimum atomic E-state index is -1.31. The second-order valence-electron chi connectivity index (χ2n) is 8.37. The van der Waals surface area contributed by atoms with Crippen LogP contribution in [-0.2, 0) is 14.4 Å². The SMILES string of the molecule is NC(=O)CNC(=O)[C@H](CO)NC(=O)CNC(=O)c1cccc2c(Nc3ccccc3)c3ccccc3nc12. The third kappa shape index (κ3) is 6.02. The summed E-state index contributed by atoms with van der Waals surface area (Å²) in [5.41, 5.74) is 8.03. The van der Waals surface area contributed by atoms with Gasteiger partial charge in [-0.25, -0.2) is 4.98 Å². The van der Waals surface area contributed by atoms with Gasteiger partial charge in [-0.3, -0.25) is 19.2 Å². The van der Waals surface area contributed by atoms with Crippen LogP contribution in [0.2, 0.25) is 0 Å². The van der Waals surface area contributed by atoms with Gasteiger partial charge in [-0.1, -0.05) is 48.5 Å². The maximum atomic E-state index is 13.1. The maximum Gasteiger partial charge on any atom is 0.253 e. The van der Waals surface area contributed by atoms with Gasteiger partial charge < -0.3 is 32.1 Å². The van der Waals surface area contributed by atoms with Crippen molar-refractivity contribution >= 4 is 56.8 Å². The van der Waals surface area contributed by atoms with Crippen LogP contribution in [0.4, 0.5) is 11.4 Å². The van der Waals surface area contributed by atoms with Crippen molar-refractivity contribution in [2.45, 2.75) is 6.04 Å². The Labute approximate surface area is 217 Å². The van der Waals surface area contributed by atoms with Crippen LogP contribution in [0.3, 0.4) is 0 Å². The van der Waals surface area contributed by atoms with Crippen molar-refractivity contribution in [2.24, 2.45) is 5.73 Å². The highest BCUT2D eigenvalue weighted by Gasteiger charge is 2.21. The average Bonchev–Trinajstić information content (AvgIpc) is 2.93. The van der Waals surface area contributed by atoms with Crippen molar-refractivity contribution in [1.29, 1.82) is 0 Å². The number of nitrogens with two attached hydrogens (primary N) is 1. The second kappa shape index (κ2) is 11.8. The number of aromatic nitrogens is 1. The van der Waals surface area contributed by atoms with Gasteiger partial charge in [0, 0.05) is 16.5 Å². The van der Waals surface area contributed by atoms with E-state index in [4.69, 9.17) is 10.7 Å². The highest BCUT2D eigenvalue weighted by atomic mass is 16.3. The Morgan fingerprint density at radius 1 is 0.842 bits per heavy atom. The number of aliphatic hydroxyl groups is 1. The molecule has 1 aromatic heterocycles. The molecule has 0 saturated heterocycles. The fourth-order valence-corrected chi connectivity index (χ4v) is 3.89. The molecular formula is C27H26N6O5. The van der Waals surface area contributed by atoms with Gasteiger partial charge in [0.25, 0.3) is 5.91 Å². The highest BCUT2D eigenvalue weighted by molar-refractivity contribution is 6.15. The van der Waals surface area contributed by atoms with E-state index in [1.807, 2.05) is 60.7 Å². The minimum absolute atomic E-state index is 0.259. The van der Waals surface area contributed by atoms with Gasteiger partial charge in [0.2, 0.25) is 17.7 Å². The number of carbonyl (C=O) groups is 4. The van der Waals surface area contributed by atoms with Crippen molar-refractivity contribution < 1.29 is 24.3 Å². The summed E-state index contributed by atoms with van der Waals surface area (Å²) in [6.07, 6.45) is 0. The molecular weight excluding hydrogens is 488 g/mol. The van der Waals surface area contributed by atoms with E-state index >= 15 is 0 Å². The van der Waals surface area contributed by atoms with E-state index in [1.54, 1.807) is 12.1 Å². The first kappa shape index (κ1) is 26.0. The molecule has 4 amide bonds. The largest absolute Gasteiger partial charge is 0.394 e. The molecule has 3 aromatic carbocycles. The third-order valence-electron chi connectivity index (χ3n) is 5.68. The first-order chi connectivity index (χ1) is 18.4. The number of carbonyl (C=O) groups excluding carboxylic acids is 4. The summed E-state index contributed by atoms with van der Waals surface area (Å²) in [6, 6.07) is 21.1. The van der Waals surface area contributed by atoms with Crippen LogP contribution in [0.25, 0.3) is 21.8 Å². The number of pyridine rings is 1. The monoisotopic (exact) mass is 514 g/mol. The average molecular weight is 515 g/mol. The normalized spacial score (nSPS) is 11.5. The summed E-state index contributed by atoms with van der Waals surface area (Å²) in [7, 11) is 0. The Morgan fingerprint density at radius 2 is 1.55 bits per heavy atom. The van der Waals surface area contributed by atoms with E-state index in [0.717, 1.165) is 22.1 Å². The molecule has 11 nitrogen and oxygen atoms in total. The molecule has 11 heteroatoms. The maximum absolute atomic E-state index is 13.1. The van der Waals surface area contributed by atoms with Gasteiger partial charge in [0.1, 0.15) is 6.04 Å². The fraction of sp³-hybridized carbons (Fsp3) is 0.148. The van der Waals surface area contributed by atoms with Gasteiger partial charge in [-0.05, 0) is 24.3 Å². The van der Waals surface area contributed by atoms with Crippen LogP contribution in [-0.4, -0.2) is 59.5 Å². The number of primary amides is 1. The molecule has 0 spiro atoms. The summed E-state index contributed by atoms with van der Waals surface area (Å²) in [5, 5.41) is 21.5. The van der Waals surface area contributed by atoms with E-state index in [0.29, 0.717) is 11.0 Å². The van der Waals surface area contributed by atoms with Crippen molar-refractivity contribution in [3.05, 3.63) is 78.4 Å². The quantitative estimate of drug-likeness (QED) is 0.171. The fourth-order valence-electron chi connectivity index (χ4n) is 3.89. The molecule has 0 bridgehead atoms. The zero-order valence-electron chi connectivity index (χ0n) is 20.2. The highest BCUT2D eigenvalue weighted by Crippen LogP contribution is 2.34. The Balaban J connectivity index is 1.56. The molecule has 0 aliphatic rings. The lowest BCUT2D eigenvalue weighted by molar-refractivity contribution is -0.130. The molecule has 1 heterocycles. The first-order valence-corrected chi connectivity index (χ1v) is 11.8. The molecule has 0 unspecified atom stereocenters. The van der Waals surface area contributed by atoms with Crippen LogP contribution in [0, 0.1) is 0 Å². The smallest absolute Gasteiger partial charge is 0.253 e. The summed E-state index contributed by atoms with van der Waals surface area (Å²) in [4.78, 5) is 53.0. The lowest BCUT2D eigenvalue weighted by Gasteiger charge is -2.16. The van der Waals surface area contributed by atoms with Gasteiger partial charge in [-0.2, -0.15) is 0 Å². The Bertz CT molecular complexity index is 1510. The predicted molar refractivity (Wildman–Crippen MR) is 143 cm³/mol. The number of rotatable bonds is 10. The second-order valence-corrected chi connectivity index (χ2v) is 8.37. The molecule has 4 aromatic rings. The molecule has 0 saturated carbocycles. The number of hydrogen-bond acceptors (Lipinski definition) is 7. The van der Waals surface area contributed by atoms with Crippen molar-refractivity contribution in [3.8, 4) is 0 Å². The molecule has 38 heavy (non-hydrogen) atoms. The van der Waals surface area contributed by atoms with Gasteiger partial charge in [0.15, 0.2) is 0 Å². The zero-order chi connectivity index (χ0) is 27.1. The van der Waals surface area contributed by atoms with Gasteiger partial charge >= 0.3 is 0 Å². The Kier molecular flexibility index (Phi) is 8.09. The van der Waals surface area contributed by atoms with Crippen LogP contribution in [0.15, 0.2) is 72.8 Å². The number of anilines is 2. The van der Waals surface area contributed by atoms with E-state index in [2.05, 4.69) is 21.3 Å². The summed E-state index contributed by atoms with van der Waals surface area (Å²) in [6.45, 7) is -1.61. The number of hydrogen-bond donors (Lipinski definition) is 6. The predicted octanol–water partition coefficient (Wildman–Crippen LogP) is 0.940. The van der Waals surface area contributed by atoms with E-state index in [-0.39, 0.29) is 5.56 Å². The van der Waals surface area contributed by atoms with Crippen LogP contribution in [0.1, 0.15) is 10.4 Å². The summed E-state index contributed by atoms with van der Waals surface area (Å²) in [5.74, 6) is -2.81. The van der Waals surface area contributed by atoms with Gasteiger partial charge in [0.05, 0.1) is 42.0 Å². The lowest BCUT2D eigenvalue weighted by Crippen LogP contribution is -2.52. The number of amides is 4. The topological polar surface area (TPSA) is 176 Å². The molecule has 194 valence electrons. The number of aliphatic hydroxyl groups excluding tert-OH is 1. The number of benzene rings is 3. The first-order valence-electron chi connectivity index (χ1n) is 11.8.